The molecule has 0 radical (unpaired) electrons. The molecule has 4 N–H and O–H groups in total. The minimum atomic E-state index is -3.87. The van der Waals surface area contributed by atoms with Gasteiger partial charge in [0.05, 0.1) is 26.1 Å². The summed E-state index contributed by atoms with van der Waals surface area (Å²) in [5, 5.41) is 33.2. The molecule has 186 valence electrons. The van der Waals surface area contributed by atoms with E-state index >= 15 is 0 Å². The topological polar surface area (TPSA) is 124 Å². The van der Waals surface area contributed by atoms with E-state index in [-0.39, 0.29) is 26.1 Å². The Balaban J connectivity index is 1.93. The molecule has 0 unspecified atom stereocenters. The number of rotatable bonds is 8. The highest BCUT2D eigenvalue weighted by Gasteiger charge is 2.23. The van der Waals surface area contributed by atoms with Crippen LogP contribution in [0.5, 0.6) is 17.2 Å². The van der Waals surface area contributed by atoms with Gasteiger partial charge in [0.2, 0.25) is 15.6 Å². The van der Waals surface area contributed by atoms with Crippen molar-refractivity contribution in [2.75, 3.05) is 5.32 Å². The molecule has 0 aliphatic rings. The van der Waals surface area contributed by atoms with Gasteiger partial charge >= 0.3 is 0 Å². The molecule has 0 fully saturated rings. The van der Waals surface area contributed by atoms with Crippen molar-refractivity contribution in [3.8, 4) is 17.2 Å². The number of amides is 1. The van der Waals surface area contributed by atoms with Crippen LogP contribution in [0.25, 0.3) is 0 Å². The van der Waals surface area contributed by atoms with Gasteiger partial charge in [-0.1, -0.05) is 49.6 Å². The largest absolute Gasteiger partial charge is 0.504 e. The average molecular weight is 518 g/mol. The van der Waals surface area contributed by atoms with E-state index in [1.54, 1.807) is 12.1 Å². The molecule has 0 saturated heterocycles. The SMILES string of the molecule is Cc1ccc(S(=O)(=O)c2ccc(Cl)c(NC(=O)c3cc(CCCC(C)C)c(O)c(O)c3O)c2)cc1. The maximum atomic E-state index is 13.0. The summed E-state index contributed by atoms with van der Waals surface area (Å²) >= 11 is 6.21. The van der Waals surface area contributed by atoms with E-state index in [0.29, 0.717) is 24.3 Å². The van der Waals surface area contributed by atoms with Crippen molar-refractivity contribution in [1.29, 1.82) is 0 Å². The van der Waals surface area contributed by atoms with Gasteiger partial charge in [-0.15, -0.1) is 0 Å². The van der Waals surface area contributed by atoms with E-state index in [2.05, 4.69) is 19.2 Å². The fourth-order valence-corrected chi connectivity index (χ4v) is 5.03. The zero-order valence-electron chi connectivity index (χ0n) is 19.7. The lowest BCUT2D eigenvalue weighted by molar-refractivity contribution is 0.102. The van der Waals surface area contributed by atoms with Crippen LogP contribution in [0.1, 0.15) is 48.2 Å². The number of halogens is 1. The maximum absolute atomic E-state index is 13.0. The third-order valence-electron chi connectivity index (χ3n) is 5.63. The second-order valence-electron chi connectivity index (χ2n) is 8.83. The predicted molar refractivity (Wildman–Crippen MR) is 135 cm³/mol. The van der Waals surface area contributed by atoms with Gasteiger partial charge < -0.3 is 20.6 Å². The van der Waals surface area contributed by atoms with Crippen LogP contribution < -0.4 is 5.32 Å². The fraction of sp³-hybridized carbons (Fsp3) is 0.269. The molecule has 3 aromatic rings. The Bertz CT molecular complexity index is 1350. The van der Waals surface area contributed by atoms with Gasteiger partial charge in [-0.2, -0.15) is 0 Å². The van der Waals surface area contributed by atoms with Crippen LogP contribution in [0.2, 0.25) is 5.02 Å². The Kier molecular flexibility index (Phi) is 7.97. The van der Waals surface area contributed by atoms with E-state index in [0.717, 1.165) is 12.0 Å². The molecule has 3 aromatic carbocycles. The summed E-state index contributed by atoms with van der Waals surface area (Å²) in [6, 6.07) is 11.6. The van der Waals surface area contributed by atoms with Crippen molar-refractivity contribution in [1.82, 2.24) is 0 Å². The molecule has 35 heavy (non-hydrogen) atoms. The molecule has 7 nitrogen and oxygen atoms in total. The van der Waals surface area contributed by atoms with Gasteiger partial charge in [0.15, 0.2) is 11.5 Å². The number of carbonyl (C=O) groups excluding carboxylic acids is 1. The number of anilines is 1. The zero-order valence-corrected chi connectivity index (χ0v) is 21.2. The number of carbonyl (C=O) groups is 1. The van der Waals surface area contributed by atoms with Crippen LogP contribution >= 0.6 is 11.6 Å². The van der Waals surface area contributed by atoms with Crippen LogP contribution in [0.3, 0.4) is 0 Å². The number of hydrogen-bond donors (Lipinski definition) is 4. The van der Waals surface area contributed by atoms with Gasteiger partial charge in [-0.25, -0.2) is 8.42 Å². The van der Waals surface area contributed by atoms with Gasteiger partial charge in [0, 0.05) is 0 Å². The second-order valence-corrected chi connectivity index (χ2v) is 11.2. The third-order valence-corrected chi connectivity index (χ3v) is 7.72. The lowest BCUT2D eigenvalue weighted by Crippen LogP contribution is -2.14. The lowest BCUT2D eigenvalue weighted by atomic mass is 9.99. The van der Waals surface area contributed by atoms with Gasteiger partial charge in [0.1, 0.15) is 0 Å². The highest BCUT2D eigenvalue weighted by molar-refractivity contribution is 7.91. The van der Waals surface area contributed by atoms with Crippen molar-refractivity contribution < 1.29 is 28.5 Å². The van der Waals surface area contributed by atoms with Gasteiger partial charge in [-0.3, -0.25) is 4.79 Å². The summed E-state index contributed by atoms with van der Waals surface area (Å²) in [6.07, 6.45) is 1.98. The number of hydrogen-bond acceptors (Lipinski definition) is 6. The van der Waals surface area contributed by atoms with Crippen molar-refractivity contribution in [2.45, 2.75) is 49.8 Å². The normalized spacial score (nSPS) is 11.6. The summed E-state index contributed by atoms with van der Waals surface area (Å²) in [6.45, 7) is 5.96. The molecule has 0 aliphatic carbocycles. The molecular formula is C26H28ClNO6S. The van der Waals surface area contributed by atoms with Crippen molar-refractivity contribution in [3.63, 3.8) is 0 Å². The van der Waals surface area contributed by atoms with E-state index in [4.69, 9.17) is 11.6 Å². The fourth-order valence-electron chi connectivity index (χ4n) is 3.58. The Hall–Kier alpha value is -3.23. The standard InChI is InChI=1S/C26H28ClNO6S/c1-15(2)5-4-6-17-13-20(24(30)25(31)23(17)29)26(32)28-22-14-19(11-12-21(22)27)35(33,34)18-9-7-16(3)8-10-18/h7-15,29-31H,4-6H2,1-3H3,(H,28,32). The first kappa shape index (κ1) is 26.4. The number of aromatic hydroxyl groups is 3. The second kappa shape index (κ2) is 10.6. The molecule has 0 bridgehead atoms. The summed E-state index contributed by atoms with van der Waals surface area (Å²) < 4.78 is 26.1. The van der Waals surface area contributed by atoms with E-state index < -0.39 is 33.0 Å². The molecule has 9 heteroatoms. The Morgan fingerprint density at radius 2 is 1.57 bits per heavy atom. The number of benzene rings is 3. The summed E-state index contributed by atoms with van der Waals surface area (Å²) in [5.74, 6) is -2.44. The molecule has 0 spiro atoms. The molecule has 0 aliphatic heterocycles. The predicted octanol–water partition coefficient (Wildman–Crippen LogP) is 5.83. The highest BCUT2D eigenvalue weighted by Crippen LogP contribution is 2.41. The number of aryl methyl sites for hydroxylation is 2. The number of phenols is 3. The van der Waals surface area contributed by atoms with E-state index in [9.17, 15) is 28.5 Å². The van der Waals surface area contributed by atoms with Gasteiger partial charge in [0.25, 0.3) is 5.91 Å². The van der Waals surface area contributed by atoms with Crippen molar-refractivity contribution in [3.05, 3.63) is 70.2 Å². The highest BCUT2D eigenvalue weighted by atomic mass is 35.5. The molecule has 1 amide bonds. The molecule has 0 saturated carbocycles. The van der Waals surface area contributed by atoms with Gasteiger partial charge in [-0.05, 0) is 67.6 Å². The monoisotopic (exact) mass is 517 g/mol. The number of sulfone groups is 1. The molecule has 0 aromatic heterocycles. The Labute approximate surface area is 209 Å². The molecule has 0 atom stereocenters. The number of phenolic OH excluding ortho intramolecular Hbond substituents is 3. The summed E-state index contributed by atoms with van der Waals surface area (Å²) in [5.41, 5.74) is 0.960. The van der Waals surface area contributed by atoms with Crippen molar-refractivity contribution in [2.24, 2.45) is 5.92 Å². The van der Waals surface area contributed by atoms with Crippen molar-refractivity contribution >= 4 is 33.0 Å². The van der Waals surface area contributed by atoms with Crippen LogP contribution in [-0.2, 0) is 16.3 Å². The smallest absolute Gasteiger partial charge is 0.259 e. The zero-order chi connectivity index (χ0) is 25.9. The average Bonchev–Trinajstić information content (AvgIpc) is 2.80. The quantitative estimate of drug-likeness (QED) is 0.279. The van der Waals surface area contributed by atoms with Crippen LogP contribution in [-0.4, -0.2) is 29.6 Å². The maximum Gasteiger partial charge on any atom is 0.259 e. The third kappa shape index (κ3) is 5.89. The van der Waals surface area contributed by atoms with Crippen LogP contribution in [0, 0.1) is 12.8 Å². The summed E-state index contributed by atoms with van der Waals surface area (Å²) in [4.78, 5) is 13.0. The first-order chi connectivity index (χ1) is 16.4. The molecule has 0 heterocycles. The van der Waals surface area contributed by atoms with Crippen LogP contribution in [0.4, 0.5) is 5.69 Å². The first-order valence-corrected chi connectivity index (χ1v) is 13.0. The number of nitrogens with one attached hydrogen (secondary N) is 1. The van der Waals surface area contributed by atoms with Crippen LogP contribution in [0.15, 0.2) is 58.3 Å². The van der Waals surface area contributed by atoms with E-state index in [1.807, 2.05) is 6.92 Å². The molecular weight excluding hydrogens is 490 g/mol. The molecule has 3 rings (SSSR count). The Morgan fingerprint density at radius 3 is 2.20 bits per heavy atom. The minimum absolute atomic E-state index is 0.0122. The Morgan fingerprint density at radius 1 is 0.943 bits per heavy atom. The first-order valence-electron chi connectivity index (χ1n) is 11.1. The summed E-state index contributed by atoms with van der Waals surface area (Å²) in [7, 11) is -3.87. The van der Waals surface area contributed by atoms with E-state index in [1.165, 1.54) is 36.4 Å². The lowest BCUT2D eigenvalue weighted by Gasteiger charge is -2.14. The minimum Gasteiger partial charge on any atom is -0.504 e.